The van der Waals surface area contributed by atoms with Crippen molar-refractivity contribution in [3.8, 4) is 6.07 Å². The summed E-state index contributed by atoms with van der Waals surface area (Å²) in [5, 5.41) is 12.5. The molecule has 1 N–H and O–H groups in total. The monoisotopic (exact) mass is 312 g/mol. The van der Waals surface area contributed by atoms with Crippen LogP contribution in [0.4, 0.5) is 5.69 Å². The van der Waals surface area contributed by atoms with E-state index in [0.717, 1.165) is 23.0 Å². The SMILES string of the molecule is N#Cc1ccc(NC2Cc3ccccc3C2)cc1Br. The van der Waals surface area contributed by atoms with Crippen LogP contribution in [0, 0.1) is 11.3 Å². The van der Waals surface area contributed by atoms with Gasteiger partial charge in [0.15, 0.2) is 0 Å². The first-order valence-corrected chi connectivity index (χ1v) is 7.08. The third kappa shape index (κ3) is 2.50. The smallest absolute Gasteiger partial charge is 0.100 e. The Morgan fingerprint density at radius 3 is 2.37 bits per heavy atom. The van der Waals surface area contributed by atoms with Crippen molar-refractivity contribution in [3.63, 3.8) is 0 Å². The molecule has 0 spiro atoms. The number of anilines is 1. The van der Waals surface area contributed by atoms with E-state index in [-0.39, 0.29) is 0 Å². The molecule has 2 aromatic rings. The van der Waals surface area contributed by atoms with Gasteiger partial charge in [0, 0.05) is 16.2 Å². The highest BCUT2D eigenvalue weighted by Gasteiger charge is 2.20. The normalized spacial score (nSPS) is 13.9. The van der Waals surface area contributed by atoms with Gasteiger partial charge in [-0.25, -0.2) is 0 Å². The van der Waals surface area contributed by atoms with Gasteiger partial charge in [0.25, 0.3) is 0 Å². The predicted molar refractivity (Wildman–Crippen MR) is 80.1 cm³/mol. The first-order chi connectivity index (χ1) is 9.26. The summed E-state index contributed by atoms with van der Waals surface area (Å²) in [6.07, 6.45) is 2.13. The number of benzene rings is 2. The fourth-order valence-corrected chi connectivity index (χ4v) is 3.06. The molecule has 0 unspecified atom stereocenters. The van der Waals surface area contributed by atoms with Crippen molar-refractivity contribution >= 4 is 21.6 Å². The first kappa shape index (κ1) is 12.3. The molecule has 0 fully saturated rings. The van der Waals surface area contributed by atoms with E-state index in [9.17, 15) is 0 Å². The number of hydrogen-bond donors (Lipinski definition) is 1. The van der Waals surface area contributed by atoms with Crippen LogP contribution >= 0.6 is 15.9 Å². The van der Waals surface area contributed by atoms with Crippen molar-refractivity contribution in [2.24, 2.45) is 0 Å². The lowest BCUT2D eigenvalue weighted by molar-refractivity contribution is 0.774. The van der Waals surface area contributed by atoms with E-state index in [4.69, 9.17) is 5.26 Å². The molecule has 0 heterocycles. The van der Waals surface area contributed by atoms with Gasteiger partial charge < -0.3 is 5.32 Å². The van der Waals surface area contributed by atoms with Crippen molar-refractivity contribution in [3.05, 3.63) is 63.6 Å². The molecule has 0 radical (unpaired) electrons. The van der Waals surface area contributed by atoms with Gasteiger partial charge in [0.2, 0.25) is 0 Å². The Kier molecular flexibility index (Phi) is 3.27. The number of halogens is 1. The third-order valence-corrected chi connectivity index (χ3v) is 4.17. The third-order valence-electron chi connectivity index (χ3n) is 3.51. The zero-order valence-electron chi connectivity index (χ0n) is 10.4. The molecule has 0 saturated heterocycles. The van der Waals surface area contributed by atoms with Gasteiger partial charge in [-0.1, -0.05) is 24.3 Å². The van der Waals surface area contributed by atoms with Gasteiger partial charge in [0.05, 0.1) is 5.56 Å². The van der Waals surface area contributed by atoms with E-state index in [1.807, 2.05) is 18.2 Å². The van der Waals surface area contributed by atoms with Crippen LogP contribution in [0.3, 0.4) is 0 Å². The lowest BCUT2D eigenvalue weighted by Crippen LogP contribution is -2.19. The maximum absolute atomic E-state index is 8.91. The minimum Gasteiger partial charge on any atom is -0.382 e. The predicted octanol–water partition coefficient (Wildman–Crippen LogP) is 3.90. The minimum absolute atomic E-state index is 0.442. The Balaban J connectivity index is 1.74. The number of nitrogens with one attached hydrogen (secondary N) is 1. The maximum atomic E-state index is 8.91. The highest BCUT2D eigenvalue weighted by atomic mass is 79.9. The van der Waals surface area contributed by atoms with Crippen molar-refractivity contribution in [2.75, 3.05) is 5.32 Å². The summed E-state index contributed by atoms with van der Waals surface area (Å²) in [5.74, 6) is 0. The average molecular weight is 313 g/mol. The maximum Gasteiger partial charge on any atom is 0.100 e. The van der Waals surface area contributed by atoms with Gasteiger partial charge in [-0.05, 0) is 58.1 Å². The summed E-state index contributed by atoms with van der Waals surface area (Å²) in [7, 11) is 0. The van der Waals surface area contributed by atoms with Gasteiger partial charge >= 0.3 is 0 Å². The van der Waals surface area contributed by atoms with Crippen LogP contribution in [0.15, 0.2) is 46.9 Å². The number of rotatable bonds is 2. The molecule has 0 bridgehead atoms. The fraction of sp³-hybridized carbons (Fsp3) is 0.188. The lowest BCUT2D eigenvalue weighted by Gasteiger charge is -2.14. The summed E-state index contributed by atoms with van der Waals surface area (Å²) in [6.45, 7) is 0. The standard InChI is InChI=1S/C16H13BrN2/c17-16-9-14(6-5-13(16)10-18)19-15-7-11-3-1-2-4-12(11)8-15/h1-6,9,15,19H,7-8H2. The Morgan fingerprint density at radius 1 is 1.11 bits per heavy atom. The summed E-state index contributed by atoms with van der Waals surface area (Å²) in [5.41, 5.74) is 4.60. The van der Waals surface area contributed by atoms with Crippen LogP contribution in [0.5, 0.6) is 0 Å². The van der Waals surface area contributed by atoms with Crippen molar-refractivity contribution < 1.29 is 0 Å². The summed E-state index contributed by atoms with van der Waals surface area (Å²) in [6, 6.07) is 17.0. The van der Waals surface area contributed by atoms with Crippen molar-refractivity contribution in [1.29, 1.82) is 5.26 Å². The molecular weight excluding hydrogens is 300 g/mol. The minimum atomic E-state index is 0.442. The Morgan fingerprint density at radius 2 is 1.79 bits per heavy atom. The summed E-state index contributed by atoms with van der Waals surface area (Å²) >= 11 is 3.42. The second kappa shape index (κ2) is 5.07. The molecule has 1 aliphatic carbocycles. The molecule has 0 saturated carbocycles. The van der Waals surface area contributed by atoms with Crippen LogP contribution in [-0.4, -0.2) is 6.04 Å². The Bertz CT molecular complexity index is 633. The number of hydrogen-bond acceptors (Lipinski definition) is 2. The van der Waals surface area contributed by atoms with Crippen molar-refractivity contribution in [1.82, 2.24) is 0 Å². The second-order valence-corrected chi connectivity index (χ2v) is 5.68. The molecule has 19 heavy (non-hydrogen) atoms. The van der Waals surface area contributed by atoms with Crippen molar-refractivity contribution in [2.45, 2.75) is 18.9 Å². The van der Waals surface area contributed by atoms with E-state index in [1.165, 1.54) is 11.1 Å². The largest absolute Gasteiger partial charge is 0.382 e. The Hall–Kier alpha value is -1.79. The molecular formula is C16H13BrN2. The molecule has 0 atom stereocenters. The average Bonchev–Trinajstić information content (AvgIpc) is 2.81. The molecule has 3 heteroatoms. The van der Waals surface area contributed by atoms with Crippen LogP contribution < -0.4 is 5.32 Å². The second-order valence-electron chi connectivity index (χ2n) is 4.82. The fourth-order valence-electron chi connectivity index (χ4n) is 2.59. The summed E-state index contributed by atoms with van der Waals surface area (Å²) < 4.78 is 0.843. The highest BCUT2D eigenvalue weighted by molar-refractivity contribution is 9.10. The Labute approximate surface area is 121 Å². The van der Waals surface area contributed by atoms with Crippen LogP contribution in [-0.2, 0) is 12.8 Å². The van der Waals surface area contributed by atoms with Gasteiger partial charge in [-0.15, -0.1) is 0 Å². The zero-order valence-corrected chi connectivity index (χ0v) is 11.9. The van der Waals surface area contributed by atoms with Crippen LogP contribution in [0.25, 0.3) is 0 Å². The summed E-state index contributed by atoms with van der Waals surface area (Å²) in [4.78, 5) is 0. The van der Waals surface area contributed by atoms with Crippen LogP contribution in [0.2, 0.25) is 0 Å². The van der Waals surface area contributed by atoms with Gasteiger partial charge in [0.1, 0.15) is 6.07 Å². The van der Waals surface area contributed by atoms with E-state index in [2.05, 4.69) is 51.6 Å². The van der Waals surface area contributed by atoms with E-state index >= 15 is 0 Å². The molecule has 2 nitrogen and oxygen atoms in total. The molecule has 0 aromatic heterocycles. The topological polar surface area (TPSA) is 35.8 Å². The number of fused-ring (bicyclic) bond motifs is 1. The first-order valence-electron chi connectivity index (χ1n) is 6.29. The van der Waals surface area contributed by atoms with Crippen LogP contribution in [0.1, 0.15) is 16.7 Å². The molecule has 94 valence electrons. The molecule has 1 aliphatic rings. The lowest BCUT2D eigenvalue weighted by atomic mass is 10.1. The molecule has 2 aromatic carbocycles. The molecule has 0 amide bonds. The van der Waals surface area contributed by atoms with Gasteiger partial charge in [-0.3, -0.25) is 0 Å². The van der Waals surface area contributed by atoms with E-state index in [1.54, 1.807) is 0 Å². The van der Waals surface area contributed by atoms with Gasteiger partial charge in [-0.2, -0.15) is 5.26 Å². The zero-order chi connectivity index (χ0) is 13.2. The molecule has 0 aliphatic heterocycles. The quantitative estimate of drug-likeness (QED) is 0.913. The number of nitrogens with zero attached hydrogens (tertiary/aromatic N) is 1. The van der Waals surface area contributed by atoms with E-state index in [0.29, 0.717) is 11.6 Å². The number of nitriles is 1. The van der Waals surface area contributed by atoms with E-state index < -0.39 is 0 Å². The highest BCUT2D eigenvalue weighted by Crippen LogP contribution is 2.26. The molecule has 3 rings (SSSR count).